The maximum absolute atomic E-state index is 10.2. The number of aliphatic carboxylic acids is 1. The summed E-state index contributed by atoms with van der Waals surface area (Å²) in [6.45, 7) is 0.640. The van der Waals surface area contributed by atoms with Crippen LogP contribution >= 0.6 is 0 Å². The number of aliphatic hydroxyl groups is 1. The number of rotatable bonds is 6. The second kappa shape index (κ2) is 6.24. The van der Waals surface area contributed by atoms with E-state index in [1.807, 2.05) is 0 Å². The summed E-state index contributed by atoms with van der Waals surface area (Å²) < 4.78 is 0. The van der Waals surface area contributed by atoms with E-state index in [0.29, 0.717) is 13.0 Å². The molecule has 0 saturated carbocycles. The van der Waals surface area contributed by atoms with Crippen molar-refractivity contribution in [2.75, 3.05) is 19.7 Å². The zero-order chi connectivity index (χ0) is 10.3. The van der Waals surface area contributed by atoms with Crippen LogP contribution in [0.15, 0.2) is 0 Å². The maximum atomic E-state index is 10.2. The van der Waals surface area contributed by atoms with Gasteiger partial charge in [0.15, 0.2) is 5.96 Å². The van der Waals surface area contributed by atoms with Crippen LogP contribution in [0.5, 0.6) is 0 Å². The SMILES string of the molecule is N=C(N)N(CCCO)CCC(=O)O. The van der Waals surface area contributed by atoms with Crippen molar-refractivity contribution < 1.29 is 15.0 Å². The molecule has 0 aromatic rings. The number of guanidine groups is 1. The first kappa shape index (κ1) is 11.7. The minimum atomic E-state index is -0.921. The van der Waals surface area contributed by atoms with Crippen LogP contribution in [0.3, 0.4) is 0 Å². The van der Waals surface area contributed by atoms with E-state index < -0.39 is 5.97 Å². The second-order valence-corrected chi connectivity index (χ2v) is 2.59. The smallest absolute Gasteiger partial charge is 0.305 e. The summed E-state index contributed by atoms with van der Waals surface area (Å²) in [5, 5.41) is 24.0. The Kier molecular flexibility index (Phi) is 5.62. The molecule has 0 heterocycles. The van der Waals surface area contributed by atoms with Gasteiger partial charge in [0, 0.05) is 19.7 Å². The van der Waals surface area contributed by atoms with Gasteiger partial charge in [0.2, 0.25) is 0 Å². The molecular weight excluding hydrogens is 174 g/mol. The van der Waals surface area contributed by atoms with Gasteiger partial charge >= 0.3 is 5.97 Å². The number of carbonyl (C=O) groups is 1. The van der Waals surface area contributed by atoms with Crippen molar-refractivity contribution in [1.82, 2.24) is 4.90 Å². The summed E-state index contributed by atoms with van der Waals surface area (Å²) in [7, 11) is 0. The summed E-state index contributed by atoms with van der Waals surface area (Å²) >= 11 is 0. The molecule has 0 atom stereocenters. The van der Waals surface area contributed by atoms with Gasteiger partial charge in [-0.3, -0.25) is 10.2 Å². The van der Waals surface area contributed by atoms with Crippen LogP contribution in [-0.4, -0.2) is 46.7 Å². The standard InChI is InChI=1S/C7H15N3O3/c8-7(9)10(3-1-5-11)4-2-6(12)13/h11H,1-5H2,(H3,8,9)(H,12,13). The maximum Gasteiger partial charge on any atom is 0.305 e. The van der Waals surface area contributed by atoms with Gasteiger partial charge in [0.1, 0.15) is 0 Å². The molecule has 0 aliphatic heterocycles. The van der Waals surface area contributed by atoms with Gasteiger partial charge in [-0.1, -0.05) is 0 Å². The summed E-state index contributed by atoms with van der Waals surface area (Å²) in [4.78, 5) is 11.6. The molecule has 0 aromatic heterocycles. The minimum Gasteiger partial charge on any atom is -0.481 e. The first-order valence-electron chi connectivity index (χ1n) is 3.99. The molecule has 5 N–H and O–H groups in total. The number of carboxylic acids is 1. The average molecular weight is 189 g/mol. The minimum absolute atomic E-state index is 0.0108. The van der Waals surface area contributed by atoms with E-state index in [1.54, 1.807) is 0 Å². The van der Waals surface area contributed by atoms with Crippen molar-refractivity contribution in [2.24, 2.45) is 5.73 Å². The molecule has 0 radical (unpaired) electrons. The molecule has 0 unspecified atom stereocenters. The zero-order valence-corrected chi connectivity index (χ0v) is 7.36. The van der Waals surface area contributed by atoms with Crippen molar-refractivity contribution in [2.45, 2.75) is 12.8 Å². The third-order valence-electron chi connectivity index (χ3n) is 1.52. The lowest BCUT2D eigenvalue weighted by atomic mass is 10.3. The van der Waals surface area contributed by atoms with Gasteiger partial charge in [0.25, 0.3) is 0 Å². The Hall–Kier alpha value is -1.30. The molecule has 0 rings (SSSR count). The highest BCUT2D eigenvalue weighted by atomic mass is 16.4. The van der Waals surface area contributed by atoms with E-state index in [2.05, 4.69) is 0 Å². The Balaban J connectivity index is 3.80. The van der Waals surface area contributed by atoms with Gasteiger partial charge in [-0.15, -0.1) is 0 Å². The van der Waals surface area contributed by atoms with Gasteiger partial charge in [-0.25, -0.2) is 0 Å². The number of nitrogens with zero attached hydrogens (tertiary/aromatic N) is 1. The first-order valence-corrected chi connectivity index (χ1v) is 3.99. The normalized spacial score (nSPS) is 9.62. The lowest BCUT2D eigenvalue weighted by Crippen LogP contribution is -2.38. The van der Waals surface area contributed by atoms with Crippen LogP contribution in [0.25, 0.3) is 0 Å². The molecule has 0 saturated heterocycles. The fourth-order valence-corrected chi connectivity index (χ4v) is 0.845. The van der Waals surface area contributed by atoms with Gasteiger partial charge in [-0.2, -0.15) is 0 Å². The molecular formula is C7H15N3O3. The summed E-state index contributed by atoms with van der Waals surface area (Å²) in [5.41, 5.74) is 5.20. The monoisotopic (exact) mass is 189 g/mol. The van der Waals surface area contributed by atoms with Crippen LogP contribution in [0.1, 0.15) is 12.8 Å². The van der Waals surface area contributed by atoms with Crippen molar-refractivity contribution in [3.63, 3.8) is 0 Å². The fourth-order valence-electron chi connectivity index (χ4n) is 0.845. The molecule has 6 heteroatoms. The lowest BCUT2D eigenvalue weighted by molar-refractivity contribution is -0.137. The largest absolute Gasteiger partial charge is 0.481 e. The second-order valence-electron chi connectivity index (χ2n) is 2.59. The Morgan fingerprint density at radius 3 is 2.46 bits per heavy atom. The Morgan fingerprint density at radius 2 is 2.08 bits per heavy atom. The number of carboxylic acid groups (broad SMARTS) is 1. The third-order valence-corrected chi connectivity index (χ3v) is 1.52. The fraction of sp³-hybridized carbons (Fsp3) is 0.714. The molecule has 0 aliphatic carbocycles. The van der Waals surface area contributed by atoms with E-state index in [1.165, 1.54) is 4.90 Å². The molecule has 0 aliphatic rings. The van der Waals surface area contributed by atoms with Crippen LogP contribution < -0.4 is 5.73 Å². The van der Waals surface area contributed by atoms with Gasteiger partial charge < -0.3 is 20.8 Å². The summed E-state index contributed by atoms with van der Waals surface area (Å²) in [6.07, 6.45) is 0.435. The molecule has 0 bridgehead atoms. The number of nitrogens with one attached hydrogen (secondary N) is 1. The van der Waals surface area contributed by atoms with Crippen LogP contribution in [0.2, 0.25) is 0 Å². The third kappa shape index (κ3) is 5.92. The molecule has 0 amide bonds. The van der Waals surface area contributed by atoms with E-state index in [4.69, 9.17) is 21.4 Å². The molecule has 6 nitrogen and oxygen atoms in total. The van der Waals surface area contributed by atoms with E-state index in [9.17, 15) is 4.79 Å². The van der Waals surface area contributed by atoms with Crippen molar-refractivity contribution >= 4 is 11.9 Å². The molecule has 13 heavy (non-hydrogen) atoms. The average Bonchev–Trinajstić information content (AvgIpc) is 2.03. The Labute approximate surface area is 76.5 Å². The lowest BCUT2D eigenvalue weighted by Gasteiger charge is -2.20. The number of hydrogen-bond donors (Lipinski definition) is 4. The van der Waals surface area contributed by atoms with Crippen molar-refractivity contribution in [3.8, 4) is 0 Å². The Bertz CT molecular complexity index is 184. The van der Waals surface area contributed by atoms with Crippen molar-refractivity contribution in [1.29, 1.82) is 5.41 Å². The van der Waals surface area contributed by atoms with Gasteiger partial charge in [0.05, 0.1) is 6.42 Å². The van der Waals surface area contributed by atoms with Crippen LogP contribution in [0.4, 0.5) is 0 Å². The Morgan fingerprint density at radius 1 is 1.46 bits per heavy atom. The molecule has 0 spiro atoms. The van der Waals surface area contributed by atoms with Crippen LogP contribution in [0, 0.1) is 5.41 Å². The molecule has 0 aromatic carbocycles. The van der Waals surface area contributed by atoms with E-state index in [-0.39, 0.29) is 25.5 Å². The highest BCUT2D eigenvalue weighted by Crippen LogP contribution is 1.93. The number of nitrogens with two attached hydrogens (primary N) is 1. The highest BCUT2D eigenvalue weighted by molar-refractivity contribution is 5.75. The highest BCUT2D eigenvalue weighted by Gasteiger charge is 2.07. The molecule has 0 fully saturated rings. The number of hydrogen-bond acceptors (Lipinski definition) is 3. The summed E-state index contributed by atoms with van der Waals surface area (Å²) in [6, 6.07) is 0. The predicted octanol–water partition coefficient (Wildman–Crippen LogP) is -0.961. The predicted molar refractivity (Wildman–Crippen MR) is 47.4 cm³/mol. The van der Waals surface area contributed by atoms with Crippen LogP contribution in [-0.2, 0) is 4.79 Å². The number of aliphatic hydroxyl groups excluding tert-OH is 1. The zero-order valence-electron chi connectivity index (χ0n) is 7.36. The summed E-state index contributed by atoms with van der Waals surface area (Å²) in [5.74, 6) is -1.08. The first-order chi connectivity index (χ1) is 6.07. The van der Waals surface area contributed by atoms with E-state index in [0.717, 1.165) is 0 Å². The molecule has 76 valence electrons. The topological polar surface area (TPSA) is 111 Å². The van der Waals surface area contributed by atoms with E-state index >= 15 is 0 Å². The van der Waals surface area contributed by atoms with Gasteiger partial charge in [-0.05, 0) is 6.42 Å². The quantitative estimate of drug-likeness (QED) is 0.317. The van der Waals surface area contributed by atoms with Crippen molar-refractivity contribution in [3.05, 3.63) is 0 Å².